The molecule has 1 atom stereocenters. The average molecular weight is 601 g/mol. The number of benzene rings is 3. The Bertz CT molecular complexity index is 1660. The van der Waals surface area contributed by atoms with Crippen molar-refractivity contribution < 1.29 is 35.9 Å². The molecule has 1 fully saturated rings. The van der Waals surface area contributed by atoms with Crippen LogP contribution in [0.3, 0.4) is 0 Å². The van der Waals surface area contributed by atoms with Crippen molar-refractivity contribution in [2.24, 2.45) is 10.7 Å². The number of amides is 1. The van der Waals surface area contributed by atoms with Gasteiger partial charge in [0.15, 0.2) is 11.5 Å². The molecule has 3 aromatic carbocycles. The molecule has 0 radical (unpaired) electrons. The first-order valence-electron chi connectivity index (χ1n) is 13.1. The Labute approximate surface area is 240 Å². The van der Waals surface area contributed by atoms with Gasteiger partial charge in [0.2, 0.25) is 10.0 Å². The van der Waals surface area contributed by atoms with Gasteiger partial charge < -0.3 is 10.5 Å². The number of sulfonamides is 1. The number of likely N-dealkylation sites (N-methyl/N-ethyl adjacent to an activating group) is 1. The molecule has 1 unspecified atom stereocenters. The Balaban J connectivity index is 1.96. The molecule has 2 aliphatic rings. The van der Waals surface area contributed by atoms with Crippen molar-refractivity contribution in [2.75, 3.05) is 20.1 Å². The Morgan fingerprint density at radius 3 is 2.10 bits per heavy atom. The second-order valence-corrected chi connectivity index (χ2v) is 11.8. The summed E-state index contributed by atoms with van der Waals surface area (Å²) in [6.07, 6.45) is -3.49. The predicted molar refractivity (Wildman–Crippen MR) is 148 cm³/mol. The van der Waals surface area contributed by atoms with Gasteiger partial charge in [-0.25, -0.2) is 18.2 Å². The number of guanidine groups is 1. The third-order valence-electron chi connectivity index (χ3n) is 7.34. The highest BCUT2D eigenvalue weighted by Gasteiger charge is 2.55. The number of halogens is 3. The molecule has 1 saturated heterocycles. The zero-order chi connectivity index (χ0) is 30.3. The van der Waals surface area contributed by atoms with Crippen LogP contribution in [0.4, 0.5) is 13.2 Å². The molecule has 0 spiro atoms. The number of rotatable bonds is 6. The summed E-state index contributed by atoms with van der Waals surface area (Å²) in [6, 6.07) is 18.4. The van der Waals surface area contributed by atoms with E-state index >= 15 is 0 Å². The highest BCUT2D eigenvalue weighted by molar-refractivity contribution is 7.89. The molecule has 3 aromatic rings. The SMILES string of the molecule is CN1C(=O)C(c2ccccc2)(c2c(OC(=O)C(F)(F)F)ccc(-c3ccccc3)c2S(=O)(=O)N2CCCCC2)N=C1N. The molecule has 0 bridgehead atoms. The first-order chi connectivity index (χ1) is 19.9. The summed E-state index contributed by atoms with van der Waals surface area (Å²) in [5.41, 5.74) is 3.88. The molecule has 42 heavy (non-hydrogen) atoms. The van der Waals surface area contributed by atoms with Crippen molar-refractivity contribution >= 4 is 27.9 Å². The Kier molecular flexibility index (Phi) is 7.58. The van der Waals surface area contributed by atoms with Crippen LogP contribution in [0.5, 0.6) is 5.75 Å². The highest BCUT2D eigenvalue weighted by Crippen LogP contribution is 2.50. The van der Waals surface area contributed by atoms with Gasteiger partial charge in [-0.1, -0.05) is 67.1 Å². The highest BCUT2D eigenvalue weighted by atomic mass is 32.2. The van der Waals surface area contributed by atoms with Gasteiger partial charge in [0.25, 0.3) is 5.91 Å². The van der Waals surface area contributed by atoms with E-state index in [1.54, 1.807) is 48.5 Å². The van der Waals surface area contributed by atoms with Gasteiger partial charge >= 0.3 is 12.1 Å². The van der Waals surface area contributed by atoms with Gasteiger partial charge in [-0.15, -0.1) is 0 Å². The number of piperidine rings is 1. The molecule has 5 rings (SSSR count). The number of hydrogen-bond acceptors (Lipinski definition) is 7. The molecule has 13 heteroatoms. The van der Waals surface area contributed by atoms with E-state index in [2.05, 4.69) is 4.99 Å². The van der Waals surface area contributed by atoms with Crippen LogP contribution >= 0.6 is 0 Å². The first kappa shape index (κ1) is 29.3. The molecular weight excluding hydrogens is 573 g/mol. The van der Waals surface area contributed by atoms with Crippen molar-refractivity contribution in [1.29, 1.82) is 0 Å². The fraction of sp³-hybridized carbons (Fsp3) is 0.276. The number of carbonyl (C=O) groups excluding carboxylic acids is 2. The third-order valence-corrected chi connectivity index (χ3v) is 9.33. The lowest BCUT2D eigenvalue weighted by molar-refractivity contribution is -0.189. The monoisotopic (exact) mass is 600 g/mol. The Morgan fingerprint density at radius 2 is 1.55 bits per heavy atom. The number of esters is 1. The summed E-state index contributed by atoms with van der Waals surface area (Å²) >= 11 is 0. The summed E-state index contributed by atoms with van der Waals surface area (Å²) in [7, 11) is -3.21. The average Bonchev–Trinajstić information content (AvgIpc) is 3.22. The van der Waals surface area contributed by atoms with Crippen molar-refractivity contribution in [3.05, 3.63) is 83.9 Å². The third kappa shape index (κ3) is 4.92. The quantitative estimate of drug-likeness (QED) is 0.337. The van der Waals surface area contributed by atoms with E-state index < -0.39 is 49.8 Å². The molecule has 0 aliphatic carbocycles. The van der Waals surface area contributed by atoms with Crippen LogP contribution in [0.1, 0.15) is 30.4 Å². The zero-order valence-electron chi connectivity index (χ0n) is 22.5. The molecule has 0 aromatic heterocycles. The number of nitrogens with zero attached hydrogens (tertiary/aromatic N) is 3. The molecule has 0 saturated carbocycles. The van der Waals surface area contributed by atoms with Crippen LogP contribution in [0.15, 0.2) is 82.7 Å². The van der Waals surface area contributed by atoms with Crippen molar-refractivity contribution in [3.63, 3.8) is 0 Å². The van der Waals surface area contributed by atoms with Crippen LogP contribution < -0.4 is 10.5 Å². The summed E-state index contributed by atoms with van der Waals surface area (Å²) < 4.78 is 75.8. The van der Waals surface area contributed by atoms with E-state index in [-0.39, 0.29) is 30.2 Å². The lowest BCUT2D eigenvalue weighted by atomic mass is 9.81. The number of hydrogen-bond donors (Lipinski definition) is 1. The lowest BCUT2D eigenvalue weighted by Gasteiger charge is -2.33. The van der Waals surface area contributed by atoms with Crippen molar-refractivity contribution in [3.8, 4) is 16.9 Å². The van der Waals surface area contributed by atoms with E-state index in [4.69, 9.17) is 10.5 Å². The van der Waals surface area contributed by atoms with Gasteiger partial charge in [-0.05, 0) is 36.1 Å². The van der Waals surface area contributed by atoms with E-state index in [1.165, 1.54) is 29.6 Å². The van der Waals surface area contributed by atoms with E-state index in [1.807, 2.05) is 0 Å². The summed E-state index contributed by atoms with van der Waals surface area (Å²) in [5.74, 6) is -4.51. The second-order valence-electron chi connectivity index (χ2n) is 9.94. The van der Waals surface area contributed by atoms with Crippen molar-refractivity contribution in [1.82, 2.24) is 9.21 Å². The molecule has 9 nitrogen and oxygen atoms in total. The van der Waals surface area contributed by atoms with Crippen molar-refractivity contribution in [2.45, 2.75) is 35.9 Å². The molecule has 220 valence electrons. The van der Waals surface area contributed by atoms with Gasteiger partial charge in [0.05, 0.1) is 5.56 Å². The second kappa shape index (κ2) is 10.9. The normalized spacial score (nSPS) is 20.0. The maximum atomic E-state index is 14.6. The van der Waals surface area contributed by atoms with E-state index in [0.717, 1.165) is 17.4 Å². The number of aliphatic imine (C=N–C) groups is 1. The first-order valence-corrected chi connectivity index (χ1v) is 14.5. The van der Waals surface area contributed by atoms with E-state index in [9.17, 15) is 31.2 Å². The van der Waals surface area contributed by atoms with Gasteiger partial charge in [0, 0.05) is 25.7 Å². The molecule has 2 N–H and O–H groups in total. The number of alkyl halides is 3. The molecule has 1 amide bonds. The predicted octanol–water partition coefficient (Wildman–Crippen LogP) is 4.03. The van der Waals surface area contributed by atoms with Crippen LogP contribution in [0, 0.1) is 0 Å². The summed E-state index contributed by atoms with van der Waals surface area (Å²) in [4.78, 5) is 31.3. The van der Waals surface area contributed by atoms with Crippen LogP contribution in [-0.4, -0.2) is 61.8 Å². The van der Waals surface area contributed by atoms with E-state index in [0.29, 0.717) is 18.4 Å². The number of carbonyl (C=O) groups is 2. The lowest BCUT2D eigenvalue weighted by Crippen LogP contribution is -2.43. The molecular formula is C29H27F3N4O5S. The number of ether oxygens (including phenoxy) is 1. The minimum atomic E-state index is -5.42. The smallest absolute Gasteiger partial charge is 0.419 e. The number of nitrogens with two attached hydrogens (primary N) is 1. The minimum absolute atomic E-state index is 0.0920. The van der Waals surface area contributed by atoms with Gasteiger partial charge in [-0.3, -0.25) is 9.69 Å². The summed E-state index contributed by atoms with van der Waals surface area (Å²) in [5, 5.41) is 0. The standard InChI is InChI=1S/C29H27F3N4O5S/c1-35-25(37)28(34-27(35)33,20-13-7-3-8-14-20)23-22(41-26(38)29(30,31)32)16-15-21(19-11-5-2-6-12-19)24(23)42(39,40)36-17-9-4-10-18-36/h2-3,5-8,11-16H,4,9-10,17-18H2,1H3,(H2,33,34). The van der Waals surface area contributed by atoms with Gasteiger partial charge in [-0.2, -0.15) is 17.5 Å². The molecule has 2 heterocycles. The fourth-order valence-corrected chi connectivity index (χ4v) is 7.28. The largest absolute Gasteiger partial charge is 0.491 e. The fourth-order valence-electron chi connectivity index (χ4n) is 5.31. The minimum Gasteiger partial charge on any atom is -0.419 e. The van der Waals surface area contributed by atoms with Gasteiger partial charge in [0.1, 0.15) is 10.6 Å². The Morgan fingerprint density at radius 1 is 0.952 bits per heavy atom. The Hall–Kier alpha value is -4.23. The van der Waals surface area contributed by atoms with Crippen LogP contribution in [0.2, 0.25) is 0 Å². The van der Waals surface area contributed by atoms with Crippen LogP contribution in [-0.2, 0) is 25.2 Å². The maximum absolute atomic E-state index is 14.6. The topological polar surface area (TPSA) is 122 Å². The maximum Gasteiger partial charge on any atom is 0.491 e. The zero-order valence-corrected chi connectivity index (χ0v) is 23.3. The van der Waals surface area contributed by atoms with Crippen LogP contribution in [0.25, 0.3) is 11.1 Å². The summed E-state index contributed by atoms with van der Waals surface area (Å²) in [6.45, 7) is 0.306. The molecule has 2 aliphatic heterocycles.